The van der Waals surface area contributed by atoms with E-state index in [0.717, 1.165) is 0 Å². The van der Waals surface area contributed by atoms with E-state index < -0.39 is 23.9 Å². The van der Waals surface area contributed by atoms with Gasteiger partial charge in [0.25, 0.3) is 0 Å². The lowest BCUT2D eigenvalue weighted by Gasteiger charge is -2.36. The zero-order valence-electron chi connectivity index (χ0n) is 14.0. The largest absolute Gasteiger partial charge is 0.386 e. The van der Waals surface area contributed by atoms with Crippen LogP contribution < -0.4 is 4.39 Å². The van der Waals surface area contributed by atoms with Gasteiger partial charge in [-0.2, -0.15) is 0 Å². The number of aliphatic hydroxyl groups is 1. The summed E-state index contributed by atoms with van der Waals surface area (Å²) in [5.41, 5.74) is -0.483. The Kier molecular flexibility index (Phi) is 4.81. The van der Waals surface area contributed by atoms with Crippen molar-refractivity contribution in [3.8, 4) is 0 Å². The topological polar surface area (TPSA) is 66.4 Å². The van der Waals surface area contributed by atoms with Crippen LogP contribution in [0.1, 0.15) is 40.2 Å². The summed E-state index contributed by atoms with van der Waals surface area (Å²) in [5.74, 6) is 0. The maximum atomic E-state index is 12.6. The van der Waals surface area contributed by atoms with Crippen LogP contribution in [0.3, 0.4) is 0 Å². The Balaban J connectivity index is 3.22. The summed E-state index contributed by atoms with van der Waals surface area (Å²) < 4.78 is 28.1. The molecule has 4 nitrogen and oxygen atoms in total. The first-order valence-corrected chi connectivity index (χ1v) is 11.5. The molecule has 0 saturated carbocycles. The molecule has 21 heavy (non-hydrogen) atoms. The van der Waals surface area contributed by atoms with Crippen molar-refractivity contribution in [2.24, 2.45) is 0 Å². The van der Waals surface area contributed by atoms with Crippen molar-refractivity contribution in [2.45, 2.75) is 63.2 Å². The Morgan fingerprint density at radius 3 is 2.05 bits per heavy atom. The molecule has 0 atom stereocenters. The summed E-state index contributed by atoms with van der Waals surface area (Å²) in [5, 5.41) is 9.95. The first kappa shape index (κ1) is 18.4. The molecule has 0 unspecified atom stereocenters. The summed E-state index contributed by atoms with van der Waals surface area (Å²) in [4.78, 5) is 0.201. The average Bonchev–Trinajstić information content (AvgIpc) is 2.25. The molecule has 0 aromatic heterocycles. The molecular formula is C15H27NO3SSi. The van der Waals surface area contributed by atoms with Gasteiger partial charge in [-0.15, -0.1) is 0 Å². The predicted molar refractivity (Wildman–Crippen MR) is 89.2 cm³/mol. The third kappa shape index (κ3) is 4.39. The van der Waals surface area contributed by atoms with E-state index in [4.69, 9.17) is 0 Å². The second-order valence-electron chi connectivity index (χ2n) is 7.57. The summed E-state index contributed by atoms with van der Waals surface area (Å²) >= 11 is 0. The number of hydrogen-bond acceptors (Lipinski definition) is 3. The number of sulfonamides is 1. The van der Waals surface area contributed by atoms with Gasteiger partial charge in [0.05, 0.1) is 10.5 Å². The smallest absolute Gasteiger partial charge is 0.234 e. The third-order valence-electron chi connectivity index (χ3n) is 4.12. The summed E-state index contributed by atoms with van der Waals surface area (Å²) in [6.45, 7) is 13.4. The standard InChI is InChI=1S/C15H27NO3SSi/c1-14(2,3)21(6,7)16-20(18,19)13-10-8-9-12(11-13)15(4,5)17/h8-11,16-17H,1-7H3. The van der Waals surface area contributed by atoms with Gasteiger partial charge >= 0.3 is 0 Å². The number of hydrogen-bond donors (Lipinski definition) is 2. The molecule has 2 N–H and O–H groups in total. The lowest BCUT2D eigenvalue weighted by Crippen LogP contribution is -2.54. The van der Waals surface area contributed by atoms with Crippen LogP contribution in [0.25, 0.3) is 0 Å². The van der Waals surface area contributed by atoms with Gasteiger partial charge in [-0.3, -0.25) is 0 Å². The zero-order chi connectivity index (χ0) is 16.7. The van der Waals surface area contributed by atoms with E-state index in [-0.39, 0.29) is 9.93 Å². The van der Waals surface area contributed by atoms with Gasteiger partial charge in [-0.1, -0.05) is 46.0 Å². The fourth-order valence-electron chi connectivity index (χ4n) is 1.59. The quantitative estimate of drug-likeness (QED) is 0.834. The molecule has 0 radical (unpaired) electrons. The molecule has 1 aromatic rings. The monoisotopic (exact) mass is 329 g/mol. The van der Waals surface area contributed by atoms with E-state index in [1.54, 1.807) is 32.0 Å². The molecule has 0 bridgehead atoms. The fraction of sp³-hybridized carbons (Fsp3) is 0.600. The van der Waals surface area contributed by atoms with Crippen LogP contribution in [0.15, 0.2) is 29.2 Å². The maximum absolute atomic E-state index is 12.6. The van der Waals surface area contributed by atoms with E-state index in [2.05, 4.69) is 25.2 Å². The van der Waals surface area contributed by atoms with E-state index in [0.29, 0.717) is 5.56 Å². The highest BCUT2D eigenvalue weighted by molar-refractivity contribution is 7.91. The fourth-order valence-corrected chi connectivity index (χ4v) is 6.52. The molecular weight excluding hydrogens is 302 g/mol. The van der Waals surface area contributed by atoms with Crippen molar-refractivity contribution in [1.82, 2.24) is 4.39 Å². The zero-order valence-corrected chi connectivity index (χ0v) is 15.8. The second kappa shape index (κ2) is 5.50. The summed E-state index contributed by atoms with van der Waals surface area (Å²) in [6, 6.07) is 6.49. The van der Waals surface area contributed by atoms with Crippen LogP contribution >= 0.6 is 0 Å². The molecule has 0 heterocycles. The van der Waals surface area contributed by atoms with Crippen molar-refractivity contribution < 1.29 is 13.5 Å². The van der Waals surface area contributed by atoms with Crippen LogP contribution in [-0.2, 0) is 15.6 Å². The van der Waals surface area contributed by atoms with Gasteiger partial charge in [0.2, 0.25) is 10.0 Å². The van der Waals surface area contributed by atoms with E-state index in [9.17, 15) is 13.5 Å². The molecule has 0 spiro atoms. The SMILES string of the molecule is CC(C)(O)c1cccc(S(=O)(=O)N[Si](C)(C)C(C)(C)C)c1. The summed E-state index contributed by atoms with van der Waals surface area (Å²) in [6.07, 6.45) is 0. The molecule has 0 saturated heterocycles. The van der Waals surface area contributed by atoms with Gasteiger partial charge in [-0.05, 0) is 36.6 Å². The minimum absolute atomic E-state index is 0.0894. The lowest BCUT2D eigenvalue weighted by molar-refractivity contribution is 0.0784. The molecule has 1 aromatic carbocycles. The molecule has 0 aliphatic rings. The molecule has 0 aliphatic carbocycles. The van der Waals surface area contributed by atoms with Crippen molar-refractivity contribution in [3.05, 3.63) is 29.8 Å². The first-order valence-electron chi connectivity index (χ1n) is 7.04. The average molecular weight is 330 g/mol. The minimum Gasteiger partial charge on any atom is -0.386 e. The van der Waals surface area contributed by atoms with Gasteiger partial charge in [0, 0.05) is 0 Å². The highest BCUT2D eigenvalue weighted by Crippen LogP contribution is 2.35. The predicted octanol–water partition coefficient (Wildman–Crippen LogP) is 3.20. The van der Waals surface area contributed by atoms with Crippen molar-refractivity contribution in [2.75, 3.05) is 0 Å². The van der Waals surface area contributed by atoms with Crippen molar-refractivity contribution >= 4 is 18.3 Å². The normalized spacial score (nSPS) is 14.3. The van der Waals surface area contributed by atoms with E-state index in [1.165, 1.54) is 6.07 Å². The van der Waals surface area contributed by atoms with Crippen LogP contribution in [-0.4, -0.2) is 21.8 Å². The number of rotatable bonds is 4. The van der Waals surface area contributed by atoms with Gasteiger partial charge in [0.15, 0.2) is 0 Å². The van der Waals surface area contributed by atoms with Crippen molar-refractivity contribution in [3.63, 3.8) is 0 Å². The maximum Gasteiger partial charge on any atom is 0.234 e. The molecule has 1 rings (SSSR count). The molecule has 6 heteroatoms. The highest BCUT2D eigenvalue weighted by Gasteiger charge is 2.39. The van der Waals surface area contributed by atoms with Crippen LogP contribution in [0, 0.1) is 0 Å². The highest BCUT2D eigenvalue weighted by atomic mass is 32.2. The van der Waals surface area contributed by atoms with Gasteiger partial charge in [0.1, 0.15) is 8.24 Å². The molecule has 120 valence electrons. The Morgan fingerprint density at radius 1 is 1.10 bits per heavy atom. The Hall–Kier alpha value is -0.693. The Bertz CT molecular complexity index is 611. The van der Waals surface area contributed by atoms with Crippen LogP contribution in [0.2, 0.25) is 18.1 Å². The lowest BCUT2D eigenvalue weighted by atomic mass is 9.99. The van der Waals surface area contributed by atoms with Gasteiger partial charge < -0.3 is 5.11 Å². The minimum atomic E-state index is -3.58. The van der Waals surface area contributed by atoms with Crippen molar-refractivity contribution in [1.29, 1.82) is 0 Å². The Morgan fingerprint density at radius 2 is 1.62 bits per heavy atom. The first-order chi connectivity index (χ1) is 9.17. The van der Waals surface area contributed by atoms with E-state index in [1.807, 2.05) is 13.1 Å². The second-order valence-corrected chi connectivity index (χ2v) is 14.6. The van der Waals surface area contributed by atoms with Gasteiger partial charge in [-0.25, -0.2) is 12.8 Å². The Labute approximate surface area is 129 Å². The number of nitrogens with one attached hydrogen (secondary N) is 1. The molecule has 0 amide bonds. The molecule has 0 aliphatic heterocycles. The number of benzene rings is 1. The third-order valence-corrected chi connectivity index (χ3v) is 11.9. The molecule has 0 fully saturated rings. The summed E-state index contributed by atoms with van der Waals surface area (Å²) in [7, 11) is -5.77. The van der Waals surface area contributed by atoms with E-state index >= 15 is 0 Å². The van der Waals surface area contributed by atoms with Crippen LogP contribution in [0.4, 0.5) is 0 Å². The van der Waals surface area contributed by atoms with Crippen LogP contribution in [0.5, 0.6) is 0 Å².